The van der Waals surface area contributed by atoms with E-state index < -0.39 is 43.9 Å². The Morgan fingerprint density at radius 1 is 1.21 bits per heavy atom. The zero-order chi connectivity index (χ0) is 21.7. The fourth-order valence-corrected chi connectivity index (χ4v) is 9.19. The molecular formula is C21H24Cl4O4. The van der Waals surface area contributed by atoms with Crippen molar-refractivity contribution in [3.8, 4) is 0 Å². The van der Waals surface area contributed by atoms with Gasteiger partial charge in [0.1, 0.15) is 0 Å². The Bertz CT molecular complexity index is 871. The van der Waals surface area contributed by atoms with E-state index in [0.717, 1.165) is 0 Å². The highest BCUT2D eigenvalue weighted by Crippen LogP contribution is 2.73. The number of hydrogen-bond donors (Lipinski definition) is 2. The summed E-state index contributed by atoms with van der Waals surface area (Å²) in [6, 6.07) is 0. The number of carboxylic acid groups (broad SMARTS) is 1. The van der Waals surface area contributed by atoms with Crippen molar-refractivity contribution < 1.29 is 19.8 Å². The highest BCUT2D eigenvalue weighted by molar-refractivity contribution is 6.46. The molecule has 4 aliphatic rings. The molecule has 29 heavy (non-hydrogen) atoms. The topological polar surface area (TPSA) is 74.6 Å². The van der Waals surface area contributed by atoms with Gasteiger partial charge < -0.3 is 10.2 Å². The van der Waals surface area contributed by atoms with E-state index >= 15 is 0 Å². The smallest absolute Gasteiger partial charge is 0.336 e. The predicted molar refractivity (Wildman–Crippen MR) is 114 cm³/mol. The Morgan fingerprint density at radius 3 is 2.41 bits per heavy atom. The molecule has 3 fully saturated rings. The van der Waals surface area contributed by atoms with Crippen LogP contribution in [0.5, 0.6) is 0 Å². The summed E-state index contributed by atoms with van der Waals surface area (Å²) in [6.07, 6.45) is 4.34. The second-order valence-corrected chi connectivity index (χ2v) is 11.7. The van der Waals surface area contributed by atoms with Gasteiger partial charge in [0, 0.05) is 10.8 Å². The summed E-state index contributed by atoms with van der Waals surface area (Å²) in [5, 5.41) is 20.1. The van der Waals surface area contributed by atoms with Crippen molar-refractivity contribution in [3.63, 3.8) is 0 Å². The van der Waals surface area contributed by atoms with Gasteiger partial charge in [-0.3, -0.25) is 4.79 Å². The Kier molecular flexibility index (Phi) is 4.83. The van der Waals surface area contributed by atoms with Crippen molar-refractivity contribution in [1.29, 1.82) is 0 Å². The van der Waals surface area contributed by atoms with E-state index in [1.54, 1.807) is 13.0 Å². The van der Waals surface area contributed by atoms with E-state index in [0.29, 0.717) is 18.4 Å². The van der Waals surface area contributed by atoms with Gasteiger partial charge in [-0.25, -0.2) is 4.79 Å². The molecule has 4 rings (SSSR count). The third-order valence-corrected chi connectivity index (χ3v) is 10.9. The molecule has 0 radical (unpaired) electrons. The minimum Gasteiger partial charge on any atom is -0.479 e. The number of hydrogen-bond acceptors (Lipinski definition) is 3. The molecule has 0 spiro atoms. The quantitative estimate of drug-likeness (QED) is 0.531. The summed E-state index contributed by atoms with van der Waals surface area (Å²) in [5.41, 5.74) is -3.10. The molecule has 0 heterocycles. The number of ketones is 1. The Hall–Kier alpha value is -0.260. The van der Waals surface area contributed by atoms with Gasteiger partial charge in [0.05, 0.1) is 20.7 Å². The zero-order valence-corrected chi connectivity index (χ0v) is 19.4. The molecule has 0 amide bonds. The SMILES string of the molecule is C[C@@H]1C[C@H]2[C@@H]3C[C@H](Cl)C4=C(Cl)C(=O)C=C[C@]4(C)[C@@]3(Cl)[C@@H](Cl)C[C@]2(C)[C@@]1(O)C(=O)O. The molecule has 9 atom stereocenters. The van der Waals surface area contributed by atoms with Crippen LogP contribution in [0, 0.1) is 28.6 Å². The van der Waals surface area contributed by atoms with E-state index in [1.165, 1.54) is 6.08 Å². The summed E-state index contributed by atoms with van der Waals surface area (Å²) in [5.74, 6) is -2.42. The minimum absolute atomic E-state index is 0.0903. The number of fused-ring (bicyclic) bond motifs is 5. The van der Waals surface area contributed by atoms with Crippen LogP contribution >= 0.6 is 46.4 Å². The molecule has 2 N–H and O–H groups in total. The van der Waals surface area contributed by atoms with Crippen molar-refractivity contribution >= 4 is 58.2 Å². The zero-order valence-electron chi connectivity index (χ0n) is 16.4. The molecule has 0 saturated heterocycles. The van der Waals surface area contributed by atoms with E-state index in [4.69, 9.17) is 46.4 Å². The van der Waals surface area contributed by atoms with Crippen LogP contribution < -0.4 is 0 Å². The first-order valence-electron chi connectivity index (χ1n) is 9.83. The fourth-order valence-electron chi connectivity index (χ4n) is 7.02. The number of aliphatic hydroxyl groups is 1. The Labute approximate surface area is 190 Å². The average Bonchev–Trinajstić information content (AvgIpc) is 2.83. The standard InChI is InChI=1S/C21H24Cl4O4/c1-9-6-10-11-7-12(22)15-16(24)13(26)4-5-18(15,2)20(11,25)14(23)8-19(10,3)21(9,29)17(27)28/h4-5,9-12,14,29H,6-8H2,1-3H3,(H,27,28)/t9-,10+,11+,12+,14+,18+,19+,20+,21+/m1/s1. The number of rotatable bonds is 1. The highest BCUT2D eigenvalue weighted by atomic mass is 35.5. The Morgan fingerprint density at radius 2 is 1.83 bits per heavy atom. The van der Waals surface area contributed by atoms with Gasteiger partial charge in [-0.2, -0.15) is 0 Å². The minimum atomic E-state index is -1.89. The molecular weight excluding hydrogens is 458 g/mol. The number of alkyl halides is 3. The summed E-state index contributed by atoms with van der Waals surface area (Å²) in [7, 11) is 0. The monoisotopic (exact) mass is 480 g/mol. The summed E-state index contributed by atoms with van der Waals surface area (Å²) >= 11 is 27.5. The summed E-state index contributed by atoms with van der Waals surface area (Å²) in [4.78, 5) is 23.3. The summed E-state index contributed by atoms with van der Waals surface area (Å²) < 4.78 is 0. The van der Waals surface area contributed by atoms with Crippen molar-refractivity contribution in [2.45, 2.75) is 61.3 Å². The largest absolute Gasteiger partial charge is 0.479 e. The first-order chi connectivity index (χ1) is 13.3. The normalized spacial score (nSPS) is 54.1. The van der Waals surface area contributed by atoms with Crippen LogP contribution in [0.1, 0.15) is 40.0 Å². The first kappa shape index (κ1) is 22.0. The van der Waals surface area contributed by atoms with Crippen molar-refractivity contribution in [3.05, 3.63) is 22.8 Å². The third-order valence-electron chi connectivity index (χ3n) is 8.57. The first-order valence-corrected chi connectivity index (χ1v) is 11.5. The molecule has 0 aromatic carbocycles. The number of carbonyl (C=O) groups excluding carboxylic acids is 1. The number of carboxylic acids is 1. The molecule has 0 aromatic rings. The maximum Gasteiger partial charge on any atom is 0.336 e. The van der Waals surface area contributed by atoms with E-state index in [-0.39, 0.29) is 29.1 Å². The molecule has 4 nitrogen and oxygen atoms in total. The predicted octanol–water partition coefficient (Wildman–Crippen LogP) is 4.72. The molecule has 0 bridgehead atoms. The number of aliphatic carboxylic acids is 1. The van der Waals surface area contributed by atoms with Gasteiger partial charge in [-0.15, -0.1) is 34.8 Å². The van der Waals surface area contributed by atoms with Crippen molar-refractivity contribution in [1.82, 2.24) is 0 Å². The van der Waals surface area contributed by atoms with Crippen molar-refractivity contribution in [2.24, 2.45) is 28.6 Å². The lowest BCUT2D eigenvalue weighted by atomic mass is 9.46. The van der Waals surface area contributed by atoms with Crippen molar-refractivity contribution in [2.75, 3.05) is 0 Å². The molecule has 160 valence electrons. The van der Waals surface area contributed by atoms with E-state index in [9.17, 15) is 19.8 Å². The second kappa shape index (κ2) is 6.38. The highest BCUT2D eigenvalue weighted by Gasteiger charge is 2.75. The lowest BCUT2D eigenvalue weighted by molar-refractivity contribution is -0.185. The van der Waals surface area contributed by atoms with Gasteiger partial charge >= 0.3 is 5.97 Å². The summed E-state index contributed by atoms with van der Waals surface area (Å²) in [6.45, 7) is 5.48. The van der Waals surface area contributed by atoms with Gasteiger partial charge in [0.25, 0.3) is 0 Å². The van der Waals surface area contributed by atoms with Gasteiger partial charge in [0.2, 0.25) is 0 Å². The molecule has 3 saturated carbocycles. The molecule has 0 unspecified atom stereocenters. The van der Waals surface area contributed by atoms with Crippen LogP contribution in [0.2, 0.25) is 0 Å². The second-order valence-electron chi connectivity index (χ2n) is 9.61. The van der Waals surface area contributed by atoms with Gasteiger partial charge in [0.15, 0.2) is 11.4 Å². The van der Waals surface area contributed by atoms with E-state index in [2.05, 4.69) is 0 Å². The lowest BCUT2D eigenvalue weighted by Crippen LogP contribution is -2.69. The maximum absolute atomic E-state index is 12.2. The lowest BCUT2D eigenvalue weighted by Gasteiger charge is -2.64. The Balaban J connectivity index is 1.91. The van der Waals surface area contributed by atoms with E-state index in [1.807, 2.05) is 13.8 Å². The van der Waals surface area contributed by atoms with Gasteiger partial charge in [-0.1, -0.05) is 38.4 Å². The fraction of sp³-hybridized carbons (Fsp3) is 0.714. The number of allylic oxidation sites excluding steroid dienone is 4. The average molecular weight is 482 g/mol. The van der Waals surface area contributed by atoms with Crippen LogP contribution in [-0.4, -0.2) is 43.2 Å². The van der Waals surface area contributed by atoms with Crippen LogP contribution in [0.15, 0.2) is 22.8 Å². The molecule has 0 aromatic heterocycles. The number of halogens is 4. The molecule has 0 aliphatic heterocycles. The van der Waals surface area contributed by atoms with Crippen LogP contribution in [0.25, 0.3) is 0 Å². The molecule has 4 aliphatic carbocycles. The van der Waals surface area contributed by atoms with Crippen LogP contribution in [0.3, 0.4) is 0 Å². The van der Waals surface area contributed by atoms with Gasteiger partial charge in [-0.05, 0) is 48.7 Å². The van der Waals surface area contributed by atoms with Crippen LogP contribution in [0.4, 0.5) is 0 Å². The third kappa shape index (κ3) is 2.33. The van der Waals surface area contributed by atoms with Crippen LogP contribution in [-0.2, 0) is 9.59 Å². The molecule has 8 heteroatoms. The number of carbonyl (C=O) groups is 2. The maximum atomic E-state index is 12.2.